The molecule has 0 radical (unpaired) electrons. The maximum Gasteiger partial charge on any atom is 0.173 e. The standard InChI is InChI=1S/C25H25N5O/c1-31-23-13-11-19(12-14-23)17-30-25(26-27-28-30)24(21-8-3-2-4-9-21)29-16-15-20-7-5-6-10-22(20)18-29/h2-14,24H,15-18H2,1H3/t24-/m0/s1. The van der Waals surface area contributed by atoms with E-state index in [1.165, 1.54) is 16.7 Å². The third kappa shape index (κ3) is 4.07. The summed E-state index contributed by atoms with van der Waals surface area (Å²) in [6.07, 6.45) is 1.03. The largest absolute Gasteiger partial charge is 0.497 e. The van der Waals surface area contributed by atoms with E-state index in [1.54, 1.807) is 7.11 Å². The lowest BCUT2D eigenvalue weighted by atomic mass is 9.96. The number of aromatic nitrogens is 4. The number of fused-ring (bicyclic) bond motifs is 1. The molecule has 1 aliphatic heterocycles. The molecular weight excluding hydrogens is 386 g/mol. The fourth-order valence-corrected chi connectivity index (χ4v) is 4.32. The minimum atomic E-state index is -0.0113. The predicted octanol–water partition coefficient (Wildman–Crippen LogP) is 3.88. The molecule has 3 aromatic carbocycles. The normalized spacial score (nSPS) is 14.7. The fraction of sp³-hybridized carbons (Fsp3) is 0.240. The van der Waals surface area contributed by atoms with Crippen LogP contribution in [0.2, 0.25) is 0 Å². The van der Waals surface area contributed by atoms with Gasteiger partial charge in [-0.3, -0.25) is 4.90 Å². The zero-order valence-electron chi connectivity index (χ0n) is 17.6. The number of nitrogens with zero attached hydrogens (tertiary/aromatic N) is 5. The fourth-order valence-electron chi connectivity index (χ4n) is 4.32. The van der Waals surface area contributed by atoms with Crippen molar-refractivity contribution in [2.24, 2.45) is 0 Å². The molecule has 0 fully saturated rings. The first-order valence-corrected chi connectivity index (χ1v) is 10.6. The Morgan fingerprint density at radius 1 is 0.903 bits per heavy atom. The summed E-state index contributed by atoms with van der Waals surface area (Å²) in [5.41, 5.74) is 5.14. The highest BCUT2D eigenvalue weighted by molar-refractivity contribution is 5.32. The van der Waals surface area contributed by atoms with E-state index in [-0.39, 0.29) is 6.04 Å². The average molecular weight is 412 g/mol. The Hall–Kier alpha value is -3.51. The van der Waals surface area contributed by atoms with Crippen molar-refractivity contribution >= 4 is 0 Å². The van der Waals surface area contributed by atoms with Gasteiger partial charge >= 0.3 is 0 Å². The second-order valence-electron chi connectivity index (χ2n) is 7.85. The Balaban J connectivity index is 1.49. The highest BCUT2D eigenvalue weighted by Crippen LogP contribution is 2.32. The number of hydrogen-bond acceptors (Lipinski definition) is 5. The Kier molecular flexibility index (Phi) is 5.46. The molecule has 0 spiro atoms. The molecule has 0 N–H and O–H groups in total. The third-order valence-electron chi connectivity index (χ3n) is 5.94. The molecule has 31 heavy (non-hydrogen) atoms. The Morgan fingerprint density at radius 2 is 1.65 bits per heavy atom. The number of rotatable bonds is 6. The van der Waals surface area contributed by atoms with E-state index in [1.807, 2.05) is 22.9 Å². The molecule has 0 saturated heterocycles. The number of hydrogen-bond donors (Lipinski definition) is 0. The van der Waals surface area contributed by atoms with Crippen molar-refractivity contribution in [3.05, 3.63) is 107 Å². The monoisotopic (exact) mass is 411 g/mol. The summed E-state index contributed by atoms with van der Waals surface area (Å²) < 4.78 is 7.20. The van der Waals surface area contributed by atoms with Crippen LogP contribution in [0.25, 0.3) is 0 Å². The maximum atomic E-state index is 5.28. The first-order chi connectivity index (χ1) is 15.3. The lowest BCUT2D eigenvalue weighted by Crippen LogP contribution is -2.36. The van der Waals surface area contributed by atoms with Gasteiger partial charge in [-0.1, -0.05) is 66.7 Å². The van der Waals surface area contributed by atoms with Crippen LogP contribution in [0.4, 0.5) is 0 Å². The van der Waals surface area contributed by atoms with Crippen LogP contribution >= 0.6 is 0 Å². The van der Waals surface area contributed by atoms with Crippen molar-refractivity contribution in [3.63, 3.8) is 0 Å². The summed E-state index contributed by atoms with van der Waals surface area (Å²) in [7, 11) is 1.68. The van der Waals surface area contributed by atoms with Crippen LogP contribution in [0, 0.1) is 0 Å². The molecule has 4 aromatic rings. The van der Waals surface area contributed by atoms with E-state index in [2.05, 4.69) is 81.1 Å². The van der Waals surface area contributed by atoms with Gasteiger partial charge < -0.3 is 4.74 Å². The van der Waals surface area contributed by atoms with Gasteiger partial charge in [0, 0.05) is 13.1 Å². The summed E-state index contributed by atoms with van der Waals surface area (Å²) >= 11 is 0. The average Bonchev–Trinajstić information content (AvgIpc) is 3.28. The molecule has 1 atom stereocenters. The smallest absolute Gasteiger partial charge is 0.173 e. The van der Waals surface area contributed by atoms with Gasteiger partial charge in [0.25, 0.3) is 0 Å². The minimum Gasteiger partial charge on any atom is -0.497 e. The van der Waals surface area contributed by atoms with E-state index in [0.717, 1.165) is 36.6 Å². The molecule has 1 aromatic heterocycles. The molecule has 0 unspecified atom stereocenters. The van der Waals surface area contributed by atoms with Crippen molar-refractivity contribution in [1.82, 2.24) is 25.1 Å². The van der Waals surface area contributed by atoms with Crippen LogP contribution < -0.4 is 4.74 Å². The molecule has 1 aliphatic rings. The van der Waals surface area contributed by atoms with Gasteiger partial charge in [-0.05, 0) is 51.2 Å². The van der Waals surface area contributed by atoms with Crippen LogP contribution in [0.1, 0.15) is 34.1 Å². The van der Waals surface area contributed by atoms with Crippen molar-refractivity contribution in [2.75, 3.05) is 13.7 Å². The predicted molar refractivity (Wildman–Crippen MR) is 119 cm³/mol. The quantitative estimate of drug-likeness (QED) is 0.482. The molecule has 2 heterocycles. The third-order valence-corrected chi connectivity index (χ3v) is 5.94. The van der Waals surface area contributed by atoms with Gasteiger partial charge in [0.15, 0.2) is 5.82 Å². The Morgan fingerprint density at radius 3 is 2.42 bits per heavy atom. The molecule has 156 valence electrons. The summed E-state index contributed by atoms with van der Waals surface area (Å²) in [5, 5.41) is 12.9. The van der Waals surface area contributed by atoms with Gasteiger partial charge in [-0.15, -0.1) is 5.10 Å². The maximum absolute atomic E-state index is 5.28. The second-order valence-corrected chi connectivity index (χ2v) is 7.85. The van der Waals surface area contributed by atoms with Crippen molar-refractivity contribution in [1.29, 1.82) is 0 Å². The molecule has 0 bridgehead atoms. The van der Waals surface area contributed by atoms with Gasteiger partial charge in [-0.25, -0.2) is 4.68 Å². The van der Waals surface area contributed by atoms with Crippen molar-refractivity contribution in [2.45, 2.75) is 25.6 Å². The first kappa shape index (κ1) is 19.5. The van der Waals surface area contributed by atoms with Gasteiger partial charge in [-0.2, -0.15) is 0 Å². The summed E-state index contributed by atoms with van der Waals surface area (Å²) in [5.74, 6) is 1.70. The van der Waals surface area contributed by atoms with Crippen LogP contribution in [0.15, 0.2) is 78.9 Å². The van der Waals surface area contributed by atoms with Gasteiger partial charge in [0.05, 0.1) is 19.7 Å². The molecule has 0 saturated carbocycles. The molecule has 0 aliphatic carbocycles. The minimum absolute atomic E-state index is 0.0113. The zero-order chi connectivity index (χ0) is 21.0. The highest BCUT2D eigenvalue weighted by atomic mass is 16.5. The summed E-state index contributed by atoms with van der Waals surface area (Å²) in [4.78, 5) is 2.48. The SMILES string of the molecule is COc1ccc(Cn2nnnc2[C@H](c2ccccc2)N2CCc3ccccc3C2)cc1. The lowest BCUT2D eigenvalue weighted by Gasteiger charge is -2.35. The zero-order valence-corrected chi connectivity index (χ0v) is 17.6. The summed E-state index contributed by atoms with van der Waals surface area (Å²) in [6.45, 7) is 2.46. The molecule has 0 amide bonds. The highest BCUT2D eigenvalue weighted by Gasteiger charge is 2.30. The number of benzene rings is 3. The topological polar surface area (TPSA) is 56.1 Å². The van der Waals surface area contributed by atoms with Crippen LogP contribution in [0.3, 0.4) is 0 Å². The second kappa shape index (κ2) is 8.70. The Bertz CT molecular complexity index is 1140. The molecule has 6 heteroatoms. The van der Waals surface area contributed by atoms with E-state index in [4.69, 9.17) is 4.74 Å². The van der Waals surface area contributed by atoms with E-state index < -0.39 is 0 Å². The molecular formula is C25H25N5O. The van der Waals surface area contributed by atoms with Crippen LogP contribution in [-0.2, 0) is 19.5 Å². The molecule has 6 nitrogen and oxygen atoms in total. The number of tetrazole rings is 1. The van der Waals surface area contributed by atoms with Crippen molar-refractivity contribution in [3.8, 4) is 5.75 Å². The van der Waals surface area contributed by atoms with E-state index >= 15 is 0 Å². The Labute approximate surface area is 182 Å². The van der Waals surface area contributed by atoms with Crippen molar-refractivity contribution < 1.29 is 4.74 Å². The van der Waals surface area contributed by atoms with Gasteiger partial charge in [0.2, 0.25) is 0 Å². The summed E-state index contributed by atoms with van der Waals surface area (Å²) in [6, 6.07) is 27.3. The van der Waals surface area contributed by atoms with Crippen LogP contribution in [-0.4, -0.2) is 38.8 Å². The van der Waals surface area contributed by atoms with E-state index in [0.29, 0.717) is 6.54 Å². The number of methoxy groups -OCH3 is 1. The van der Waals surface area contributed by atoms with Gasteiger partial charge in [0.1, 0.15) is 5.75 Å². The molecule has 5 rings (SSSR count). The van der Waals surface area contributed by atoms with Crippen LogP contribution in [0.5, 0.6) is 5.75 Å². The lowest BCUT2D eigenvalue weighted by molar-refractivity contribution is 0.195. The van der Waals surface area contributed by atoms with E-state index in [9.17, 15) is 0 Å². The first-order valence-electron chi connectivity index (χ1n) is 10.6. The number of ether oxygens (including phenoxy) is 1.